The minimum atomic E-state index is -3.67. The van der Waals surface area contributed by atoms with Crippen LogP contribution in [0.15, 0.2) is 17.0 Å². The summed E-state index contributed by atoms with van der Waals surface area (Å²) in [5.41, 5.74) is 1.12. The third kappa shape index (κ3) is 3.09. The molecule has 0 radical (unpaired) electrons. The van der Waals surface area contributed by atoms with Crippen LogP contribution in [-0.2, 0) is 10.0 Å². The molecule has 0 atom stereocenters. The number of nitrogens with zero attached hydrogens (tertiary/aromatic N) is 1. The maximum atomic E-state index is 12.7. The molecule has 116 valence electrons. The number of aromatic carboxylic acids is 1. The van der Waals surface area contributed by atoms with Crippen molar-refractivity contribution in [1.29, 1.82) is 0 Å². The van der Waals surface area contributed by atoms with Gasteiger partial charge in [-0.3, -0.25) is 0 Å². The number of aryl methyl sites for hydroxylation is 1. The van der Waals surface area contributed by atoms with E-state index in [4.69, 9.17) is 0 Å². The molecule has 1 N–H and O–H groups in total. The van der Waals surface area contributed by atoms with Crippen LogP contribution in [0.4, 0.5) is 0 Å². The standard InChI is InChI=1S/C14H20N2O4S/c1-10-8-12(14(17)18)9-13(11(10)2)21(19,20)16-6-4-15(3)5-7-16/h8-9H,4-7H2,1-3H3,(H,17,18). The van der Waals surface area contributed by atoms with Crippen molar-refractivity contribution in [2.45, 2.75) is 18.7 Å². The lowest BCUT2D eigenvalue weighted by Gasteiger charge is -2.30. The van der Waals surface area contributed by atoms with Crippen LogP contribution in [0, 0.1) is 13.8 Å². The number of hydrogen-bond acceptors (Lipinski definition) is 4. The smallest absolute Gasteiger partial charge is 0.243 e. The molecule has 7 heteroatoms. The van der Waals surface area contributed by atoms with Gasteiger partial charge in [-0.25, -0.2) is 8.42 Å². The Hall–Kier alpha value is -1.44. The Bertz CT molecular complexity index is 662. The average molecular weight is 312 g/mol. The zero-order valence-corrected chi connectivity index (χ0v) is 13.3. The van der Waals surface area contributed by atoms with Crippen molar-refractivity contribution in [1.82, 2.24) is 4.31 Å². The lowest BCUT2D eigenvalue weighted by Crippen LogP contribution is -3.12. The predicted molar refractivity (Wildman–Crippen MR) is 75.6 cm³/mol. The molecule has 1 heterocycles. The maximum absolute atomic E-state index is 12.7. The molecule has 0 saturated carbocycles. The number of carboxylic acids is 1. The second-order valence-corrected chi connectivity index (χ2v) is 7.47. The number of carbonyl (C=O) groups is 1. The van der Waals surface area contributed by atoms with Gasteiger partial charge < -0.3 is 14.8 Å². The molecule has 0 unspecified atom stereocenters. The summed E-state index contributed by atoms with van der Waals surface area (Å²) < 4.78 is 26.9. The minimum Gasteiger partial charge on any atom is -0.545 e. The van der Waals surface area contributed by atoms with Crippen LogP contribution in [0.3, 0.4) is 0 Å². The summed E-state index contributed by atoms with van der Waals surface area (Å²) in [6, 6.07) is 2.65. The van der Waals surface area contributed by atoms with Crippen LogP contribution in [0.5, 0.6) is 0 Å². The van der Waals surface area contributed by atoms with Gasteiger partial charge in [-0.2, -0.15) is 4.31 Å². The van der Waals surface area contributed by atoms with E-state index in [9.17, 15) is 18.3 Å². The summed E-state index contributed by atoms with van der Waals surface area (Å²) in [4.78, 5) is 12.4. The predicted octanol–water partition coefficient (Wildman–Crippen LogP) is -1.81. The molecule has 0 spiro atoms. The van der Waals surface area contributed by atoms with Gasteiger partial charge in [0.1, 0.15) is 0 Å². The van der Waals surface area contributed by atoms with E-state index in [0.29, 0.717) is 24.2 Å². The molecule has 1 aromatic carbocycles. The number of carbonyl (C=O) groups excluding carboxylic acids is 1. The third-order valence-corrected chi connectivity index (χ3v) is 6.07. The maximum Gasteiger partial charge on any atom is 0.243 e. The van der Waals surface area contributed by atoms with Gasteiger partial charge in [-0.1, -0.05) is 0 Å². The topological polar surface area (TPSA) is 81.9 Å². The molecule has 6 nitrogen and oxygen atoms in total. The van der Waals surface area contributed by atoms with Gasteiger partial charge in [0.2, 0.25) is 10.0 Å². The van der Waals surface area contributed by atoms with E-state index in [0.717, 1.165) is 13.1 Å². The zero-order chi connectivity index (χ0) is 15.8. The quantitative estimate of drug-likeness (QED) is 0.713. The number of carboxylic acid groups (broad SMARTS) is 1. The lowest BCUT2D eigenvalue weighted by atomic mass is 10.1. The zero-order valence-electron chi connectivity index (χ0n) is 12.5. The van der Waals surface area contributed by atoms with E-state index >= 15 is 0 Å². The second kappa shape index (κ2) is 5.75. The molecule has 1 aromatic rings. The Balaban J connectivity index is 2.47. The second-order valence-electron chi connectivity index (χ2n) is 5.56. The van der Waals surface area contributed by atoms with Crippen molar-refractivity contribution < 1.29 is 23.2 Å². The molecule has 0 aliphatic carbocycles. The number of benzene rings is 1. The van der Waals surface area contributed by atoms with E-state index in [2.05, 4.69) is 0 Å². The van der Waals surface area contributed by atoms with Crippen molar-refractivity contribution in [3.63, 3.8) is 0 Å². The number of rotatable bonds is 3. The number of sulfonamides is 1. The largest absolute Gasteiger partial charge is 0.545 e. The van der Waals surface area contributed by atoms with E-state index in [1.54, 1.807) is 13.8 Å². The molecule has 21 heavy (non-hydrogen) atoms. The minimum absolute atomic E-state index is 0.0706. The first kappa shape index (κ1) is 15.9. The Morgan fingerprint density at radius 1 is 1.24 bits per heavy atom. The van der Waals surface area contributed by atoms with Gasteiger partial charge in [0.15, 0.2) is 0 Å². The van der Waals surface area contributed by atoms with Crippen molar-refractivity contribution >= 4 is 16.0 Å². The van der Waals surface area contributed by atoms with Crippen LogP contribution in [0.1, 0.15) is 21.5 Å². The Kier molecular flexibility index (Phi) is 4.36. The molecule has 1 aliphatic rings. The molecule has 0 bridgehead atoms. The molecule has 2 rings (SSSR count). The van der Waals surface area contributed by atoms with Gasteiger partial charge in [0, 0.05) is 0 Å². The number of likely N-dealkylation sites (N-methyl/N-ethyl adjacent to an activating group) is 1. The third-order valence-electron chi connectivity index (χ3n) is 4.05. The highest BCUT2D eigenvalue weighted by atomic mass is 32.2. The van der Waals surface area contributed by atoms with Crippen molar-refractivity contribution in [2.75, 3.05) is 33.2 Å². The average Bonchev–Trinajstić information content (AvgIpc) is 2.41. The van der Waals surface area contributed by atoms with Crippen LogP contribution in [-0.4, -0.2) is 51.9 Å². The molecule has 1 fully saturated rings. The highest BCUT2D eigenvalue weighted by molar-refractivity contribution is 7.89. The van der Waals surface area contributed by atoms with Gasteiger partial charge in [-0.15, -0.1) is 0 Å². The van der Waals surface area contributed by atoms with Crippen LogP contribution in [0.2, 0.25) is 0 Å². The lowest BCUT2D eigenvalue weighted by molar-refractivity contribution is -0.883. The normalized spacial score (nSPS) is 17.9. The first-order valence-electron chi connectivity index (χ1n) is 6.87. The van der Waals surface area contributed by atoms with Crippen LogP contribution < -0.4 is 10.0 Å². The summed E-state index contributed by atoms with van der Waals surface area (Å²) in [5, 5.41) is 11.0. The van der Waals surface area contributed by atoms with Gasteiger partial charge >= 0.3 is 0 Å². The Morgan fingerprint density at radius 3 is 2.33 bits per heavy atom. The molecule has 0 amide bonds. The molecule has 0 aromatic heterocycles. The first-order chi connectivity index (χ1) is 9.73. The molecule has 1 saturated heterocycles. The fourth-order valence-electron chi connectivity index (χ4n) is 2.46. The summed E-state index contributed by atoms with van der Waals surface area (Å²) in [6.45, 7) is 5.79. The number of nitrogens with one attached hydrogen (secondary N) is 1. The van der Waals surface area contributed by atoms with Crippen LogP contribution >= 0.6 is 0 Å². The van der Waals surface area contributed by atoms with Crippen molar-refractivity contribution in [3.8, 4) is 0 Å². The fraction of sp³-hybridized carbons (Fsp3) is 0.500. The van der Waals surface area contributed by atoms with E-state index in [-0.39, 0.29) is 10.5 Å². The summed E-state index contributed by atoms with van der Waals surface area (Å²) in [5.74, 6) is -1.36. The highest BCUT2D eigenvalue weighted by Crippen LogP contribution is 2.24. The molecule has 1 aliphatic heterocycles. The van der Waals surface area contributed by atoms with E-state index in [1.807, 2.05) is 7.05 Å². The monoisotopic (exact) mass is 312 g/mol. The van der Waals surface area contributed by atoms with Gasteiger partial charge in [0.25, 0.3) is 0 Å². The van der Waals surface area contributed by atoms with E-state index in [1.165, 1.54) is 21.3 Å². The highest BCUT2D eigenvalue weighted by Gasteiger charge is 2.30. The van der Waals surface area contributed by atoms with Crippen molar-refractivity contribution in [3.05, 3.63) is 28.8 Å². The SMILES string of the molecule is Cc1cc(C(=O)[O-])cc(S(=O)(=O)N2CC[NH+](C)CC2)c1C. The van der Waals surface area contributed by atoms with Crippen LogP contribution in [0.25, 0.3) is 0 Å². The fourth-order valence-corrected chi connectivity index (χ4v) is 4.23. The Labute approximate surface area is 125 Å². The number of hydrogen-bond donors (Lipinski definition) is 1. The van der Waals surface area contributed by atoms with Crippen molar-refractivity contribution in [2.24, 2.45) is 0 Å². The summed E-state index contributed by atoms with van der Waals surface area (Å²) >= 11 is 0. The van der Waals surface area contributed by atoms with Gasteiger partial charge in [0.05, 0.1) is 44.1 Å². The molecular formula is C14H20N2O4S. The van der Waals surface area contributed by atoms with E-state index < -0.39 is 16.0 Å². The first-order valence-corrected chi connectivity index (χ1v) is 8.31. The number of piperazine rings is 1. The molecular weight excluding hydrogens is 292 g/mol. The number of quaternary nitrogens is 1. The summed E-state index contributed by atoms with van der Waals surface area (Å²) in [6.07, 6.45) is 0. The van der Waals surface area contributed by atoms with Gasteiger partial charge in [-0.05, 0) is 42.7 Å². The summed E-state index contributed by atoms with van der Waals surface area (Å²) in [7, 11) is -1.64. The Morgan fingerprint density at radius 2 is 1.81 bits per heavy atom.